The third-order valence-corrected chi connectivity index (χ3v) is 11.9. The molecule has 0 aromatic heterocycles. The molecule has 4 aliphatic rings. The fourth-order valence-electron chi connectivity index (χ4n) is 7.78. The number of β-lactam (4-membered cyclic amide) rings is 1. The van der Waals surface area contributed by atoms with Crippen molar-refractivity contribution in [2.45, 2.75) is 64.2 Å². The lowest BCUT2D eigenvalue weighted by atomic mass is 9.68. The highest BCUT2D eigenvalue weighted by atomic mass is 32.2. The molecule has 4 fully saturated rings. The molecule has 6 rings (SSSR count). The van der Waals surface area contributed by atoms with Gasteiger partial charge in [-0.1, -0.05) is 86.7 Å². The highest BCUT2D eigenvalue weighted by Gasteiger charge is 2.74. The Balaban J connectivity index is 1.39. The number of amides is 1. The van der Waals surface area contributed by atoms with E-state index in [-0.39, 0.29) is 40.6 Å². The van der Waals surface area contributed by atoms with Gasteiger partial charge in [-0.15, -0.1) is 0 Å². The third-order valence-electron chi connectivity index (χ3n) is 9.87. The van der Waals surface area contributed by atoms with Crippen molar-refractivity contribution >= 4 is 22.0 Å². The molecule has 5 nitrogen and oxygen atoms in total. The quantitative estimate of drug-likeness (QED) is 0.562. The van der Waals surface area contributed by atoms with Gasteiger partial charge in [0.25, 0.3) is 0 Å². The summed E-state index contributed by atoms with van der Waals surface area (Å²) >= 11 is 0. The predicted octanol–water partition coefficient (Wildman–Crippen LogP) is 4.88. The van der Waals surface area contributed by atoms with Gasteiger partial charge in [-0.05, 0) is 48.6 Å². The average Bonchev–Trinajstić information content (AvgIpc) is 3.32. The predicted molar refractivity (Wildman–Crippen MR) is 138 cm³/mol. The van der Waals surface area contributed by atoms with Crippen LogP contribution in [-0.4, -0.2) is 47.4 Å². The number of nitrogens with zero attached hydrogens (tertiary/aromatic N) is 2. The van der Waals surface area contributed by atoms with Crippen molar-refractivity contribution in [3.63, 3.8) is 0 Å². The lowest BCUT2D eigenvalue weighted by Gasteiger charge is -2.53. The van der Waals surface area contributed by atoms with E-state index in [4.69, 9.17) is 0 Å². The SMILES string of the molecule is C[C@@H](c1ccccc1)N1C(=O)[C@H](N2[C@@H]3C[C@H]4CC[C@]3(CS2(=O)=O)C4(C)C)[C@@H]1C=Cc1ccccc1. The van der Waals surface area contributed by atoms with Crippen molar-refractivity contribution < 1.29 is 13.2 Å². The normalized spacial score (nSPS) is 35.9. The Bertz CT molecular complexity index is 1270. The van der Waals surface area contributed by atoms with Gasteiger partial charge in [-0.3, -0.25) is 4.79 Å². The summed E-state index contributed by atoms with van der Waals surface area (Å²) in [6.07, 6.45) is 6.98. The molecule has 1 amide bonds. The Morgan fingerprint density at radius 3 is 2.34 bits per heavy atom. The van der Waals surface area contributed by atoms with Crippen molar-refractivity contribution in [2.24, 2.45) is 16.7 Å². The number of hydrogen-bond donors (Lipinski definition) is 0. The third kappa shape index (κ3) is 3.15. The van der Waals surface area contributed by atoms with Gasteiger partial charge in [0.15, 0.2) is 0 Å². The van der Waals surface area contributed by atoms with Crippen LogP contribution in [0.4, 0.5) is 0 Å². The summed E-state index contributed by atoms with van der Waals surface area (Å²) in [6.45, 7) is 6.54. The van der Waals surface area contributed by atoms with E-state index in [1.54, 1.807) is 4.31 Å². The Kier molecular flexibility index (Phi) is 5.11. The van der Waals surface area contributed by atoms with E-state index in [2.05, 4.69) is 13.8 Å². The summed E-state index contributed by atoms with van der Waals surface area (Å²) < 4.78 is 29.1. The van der Waals surface area contributed by atoms with E-state index in [1.165, 1.54) is 0 Å². The highest BCUT2D eigenvalue weighted by molar-refractivity contribution is 7.89. The van der Waals surface area contributed by atoms with Crippen molar-refractivity contribution in [1.82, 2.24) is 9.21 Å². The molecule has 6 atom stereocenters. The van der Waals surface area contributed by atoms with E-state index in [1.807, 2.05) is 84.6 Å². The zero-order valence-electron chi connectivity index (χ0n) is 20.7. The van der Waals surface area contributed by atoms with Gasteiger partial charge in [0, 0.05) is 11.5 Å². The van der Waals surface area contributed by atoms with Crippen LogP contribution in [0, 0.1) is 16.7 Å². The fraction of sp³-hybridized carbons (Fsp3) is 0.483. The Morgan fingerprint density at radius 1 is 1.03 bits per heavy atom. The van der Waals surface area contributed by atoms with Gasteiger partial charge >= 0.3 is 0 Å². The first-order chi connectivity index (χ1) is 16.7. The first-order valence-electron chi connectivity index (χ1n) is 12.8. The molecular formula is C29H34N2O3S. The molecular weight excluding hydrogens is 456 g/mol. The summed E-state index contributed by atoms with van der Waals surface area (Å²) in [5, 5.41) is 0. The van der Waals surface area contributed by atoms with Crippen LogP contribution in [0.1, 0.15) is 57.2 Å². The number of carbonyl (C=O) groups excluding carboxylic acids is 1. The summed E-state index contributed by atoms with van der Waals surface area (Å²) in [7, 11) is -3.53. The minimum absolute atomic E-state index is 0.0152. The Hall–Kier alpha value is -2.44. The van der Waals surface area contributed by atoms with Crippen LogP contribution in [0.3, 0.4) is 0 Å². The first kappa shape index (κ1) is 23.0. The van der Waals surface area contributed by atoms with Gasteiger partial charge in [-0.25, -0.2) is 8.42 Å². The van der Waals surface area contributed by atoms with Crippen LogP contribution in [0.25, 0.3) is 6.08 Å². The fourth-order valence-corrected chi connectivity index (χ4v) is 10.5. The highest BCUT2D eigenvalue weighted by Crippen LogP contribution is 2.70. The molecule has 35 heavy (non-hydrogen) atoms. The van der Waals surface area contributed by atoms with Crippen LogP contribution < -0.4 is 0 Å². The molecule has 2 saturated carbocycles. The second kappa shape index (κ2) is 7.78. The number of benzene rings is 2. The van der Waals surface area contributed by atoms with Gasteiger partial charge in [0.2, 0.25) is 15.9 Å². The van der Waals surface area contributed by atoms with Crippen molar-refractivity contribution in [3.8, 4) is 0 Å². The molecule has 0 radical (unpaired) electrons. The summed E-state index contributed by atoms with van der Waals surface area (Å²) in [6, 6.07) is 18.8. The minimum atomic E-state index is -3.53. The number of likely N-dealkylation sites (tertiary alicyclic amines) is 1. The molecule has 2 aliphatic heterocycles. The minimum Gasteiger partial charge on any atom is -0.326 e. The number of rotatable bonds is 5. The molecule has 2 aromatic carbocycles. The number of fused-ring (bicyclic) bond motifs is 1. The molecule has 1 spiro atoms. The second-order valence-corrected chi connectivity index (χ2v) is 13.4. The van der Waals surface area contributed by atoms with E-state index < -0.39 is 16.1 Å². The molecule has 2 saturated heterocycles. The van der Waals surface area contributed by atoms with E-state index in [0.717, 1.165) is 30.4 Å². The molecule has 2 bridgehead atoms. The van der Waals surface area contributed by atoms with Crippen molar-refractivity contribution in [1.29, 1.82) is 0 Å². The summed E-state index contributed by atoms with van der Waals surface area (Å²) in [5.74, 6) is 0.630. The van der Waals surface area contributed by atoms with Crippen LogP contribution in [0.2, 0.25) is 0 Å². The maximum Gasteiger partial charge on any atom is 0.244 e. The zero-order valence-corrected chi connectivity index (χ0v) is 21.5. The van der Waals surface area contributed by atoms with Gasteiger partial charge < -0.3 is 4.90 Å². The molecule has 2 aromatic rings. The Morgan fingerprint density at radius 2 is 1.69 bits per heavy atom. The van der Waals surface area contributed by atoms with E-state index >= 15 is 0 Å². The van der Waals surface area contributed by atoms with Crippen LogP contribution in [-0.2, 0) is 14.8 Å². The Labute approximate surface area is 208 Å². The second-order valence-electron chi connectivity index (χ2n) is 11.5. The van der Waals surface area contributed by atoms with Crippen molar-refractivity contribution in [2.75, 3.05) is 5.75 Å². The molecule has 2 heterocycles. The number of carbonyl (C=O) groups is 1. The summed E-state index contributed by atoms with van der Waals surface area (Å²) in [5.41, 5.74) is 1.84. The zero-order chi connectivity index (χ0) is 24.6. The largest absolute Gasteiger partial charge is 0.326 e. The maximum atomic E-state index is 13.8. The lowest BCUT2D eigenvalue weighted by Crippen LogP contribution is -2.71. The molecule has 184 valence electrons. The molecule has 0 unspecified atom stereocenters. The lowest BCUT2D eigenvalue weighted by molar-refractivity contribution is -0.158. The summed E-state index contributed by atoms with van der Waals surface area (Å²) in [4.78, 5) is 15.7. The molecule has 0 N–H and O–H groups in total. The van der Waals surface area contributed by atoms with Crippen LogP contribution in [0.15, 0.2) is 66.7 Å². The van der Waals surface area contributed by atoms with Gasteiger partial charge in [0.1, 0.15) is 6.04 Å². The monoisotopic (exact) mass is 490 g/mol. The average molecular weight is 491 g/mol. The smallest absolute Gasteiger partial charge is 0.244 e. The maximum absolute atomic E-state index is 13.8. The number of hydrogen-bond acceptors (Lipinski definition) is 3. The van der Waals surface area contributed by atoms with Gasteiger partial charge in [0.05, 0.1) is 17.8 Å². The van der Waals surface area contributed by atoms with E-state index in [9.17, 15) is 13.2 Å². The number of sulfonamides is 1. The van der Waals surface area contributed by atoms with Crippen molar-refractivity contribution in [3.05, 3.63) is 77.9 Å². The topological polar surface area (TPSA) is 57.7 Å². The van der Waals surface area contributed by atoms with E-state index in [0.29, 0.717) is 5.92 Å². The molecule has 6 heteroatoms. The first-order valence-corrected chi connectivity index (χ1v) is 14.4. The van der Waals surface area contributed by atoms with Crippen LogP contribution >= 0.6 is 0 Å². The van der Waals surface area contributed by atoms with Crippen LogP contribution in [0.5, 0.6) is 0 Å². The standard InChI is InChI=1S/C29H34N2O3S/c1-20(22-12-8-5-9-13-22)30-24(15-14-21-10-6-4-7-11-21)26(27(30)32)31-25-18-23-16-17-29(25,28(23,2)3)19-35(31,33)34/h4-15,20,23-26H,16-19H2,1-3H3/t20-,23+,24-,25+,26+,29+/m0/s1. The van der Waals surface area contributed by atoms with Gasteiger partial charge in [-0.2, -0.15) is 4.31 Å². The molecule has 2 aliphatic carbocycles.